The summed E-state index contributed by atoms with van der Waals surface area (Å²) in [6.07, 6.45) is 13.5. The quantitative estimate of drug-likeness (QED) is 0.153. The van der Waals surface area contributed by atoms with Crippen LogP contribution in [0.15, 0.2) is 48.5 Å². The van der Waals surface area contributed by atoms with Gasteiger partial charge in [0.25, 0.3) is 5.91 Å². The highest BCUT2D eigenvalue weighted by molar-refractivity contribution is 6.04. The molecule has 3 aromatic carbocycles. The van der Waals surface area contributed by atoms with Gasteiger partial charge in [0.15, 0.2) is 11.5 Å². The van der Waals surface area contributed by atoms with Crippen molar-refractivity contribution in [1.29, 1.82) is 0 Å². The molecule has 1 amide bonds. The van der Waals surface area contributed by atoms with Crippen LogP contribution in [0, 0.1) is 38.5 Å². The van der Waals surface area contributed by atoms with Crippen LogP contribution in [-0.4, -0.2) is 16.6 Å². The fourth-order valence-electron chi connectivity index (χ4n) is 6.99. The summed E-state index contributed by atoms with van der Waals surface area (Å²) in [6, 6.07) is 14.0. The first kappa shape index (κ1) is 36.4. The van der Waals surface area contributed by atoms with E-state index < -0.39 is 0 Å². The molecule has 1 heterocycles. The van der Waals surface area contributed by atoms with E-state index in [-0.39, 0.29) is 17.3 Å². The highest BCUT2D eigenvalue weighted by atomic mass is 16.5. The third-order valence-corrected chi connectivity index (χ3v) is 10.3. The van der Waals surface area contributed by atoms with E-state index in [0.717, 1.165) is 65.2 Å². The number of anilines is 1. The van der Waals surface area contributed by atoms with Crippen molar-refractivity contribution in [2.24, 2.45) is 17.8 Å². The monoisotopic (exact) mass is 641 g/mol. The maximum absolute atomic E-state index is 12.7. The van der Waals surface area contributed by atoms with Crippen LogP contribution in [0.25, 0.3) is 0 Å². The molecule has 5 heteroatoms. The van der Waals surface area contributed by atoms with Gasteiger partial charge >= 0.3 is 0 Å². The van der Waals surface area contributed by atoms with Gasteiger partial charge < -0.3 is 19.9 Å². The lowest BCUT2D eigenvalue weighted by Crippen LogP contribution is -2.37. The zero-order valence-corrected chi connectivity index (χ0v) is 30.3. The Morgan fingerprint density at radius 2 is 1.51 bits per heavy atom. The number of aromatic hydroxyl groups is 1. The topological polar surface area (TPSA) is 67.8 Å². The highest BCUT2D eigenvalue weighted by Crippen LogP contribution is 2.47. The van der Waals surface area contributed by atoms with Gasteiger partial charge in [-0.25, -0.2) is 0 Å². The average molecular weight is 642 g/mol. The summed E-state index contributed by atoms with van der Waals surface area (Å²) in [7, 11) is 0. The average Bonchev–Trinajstić information content (AvgIpc) is 3.03. The molecule has 1 aliphatic rings. The second-order valence-electron chi connectivity index (χ2n) is 15.0. The summed E-state index contributed by atoms with van der Waals surface area (Å²) in [6.45, 7) is 18.0. The number of phenolic OH excluding ortho intramolecular Hbond substituents is 1. The molecule has 2 N–H and O–H groups in total. The number of phenols is 1. The summed E-state index contributed by atoms with van der Waals surface area (Å²) >= 11 is 0. The number of benzene rings is 3. The Morgan fingerprint density at radius 3 is 2.17 bits per heavy atom. The van der Waals surface area contributed by atoms with Crippen LogP contribution in [0.5, 0.6) is 23.0 Å². The molecule has 0 saturated carbocycles. The smallest absolute Gasteiger partial charge is 0.255 e. The molecule has 0 bridgehead atoms. The lowest BCUT2D eigenvalue weighted by Gasteiger charge is -2.38. The number of hydrogen-bond acceptors (Lipinski definition) is 4. The predicted octanol–water partition coefficient (Wildman–Crippen LogP) is 11.9. The standard InChI is InChI=1S/C42H59NO4/c1-28(2)15-12-16-29(3)17-13-18-30(4)19-14-25-42(8)26-24-36-33(7)39(31(5)32(6)40(36)47-42)46-38-27-35(22-23-37(38)44)43-41(45)34-20-10-9-11-21-34/h9-11,20-23,27-30,44H,12-19,24-26H2,1-8H3,(H,43,45)/t29-,30-,42-/m1/s1. The van der Waals surface area contributed by atoms with Crippen molar-refractivity contribution in [2.75, 3.05) is 5.32 Å². The first-order valence-corrected chi connectivity index (χ1v) is 18.1. The number of carbonyl (C=O) groups is 1. The molecule has 0 spiro atoms. The van der Waals surface area contributed by atoms with Crippen LogP contribution in [0.2, 0.25) is 0 Å². The molecular formula is C42H59NO4. The molecular weight excluding hydrogens is 582 g/mol. The summed E-state index contributed by atoms with van der Waals surface area (Å²) in [5.41, 5.74) is 5.24. The first-order chi connectivity index (χ1) is 22.4. The van der Waals surface area contributed by atoms with Crippen molar-refractivity contribution in [3.63, 3.8) is 0 Å². The Hall–Kier alpha value is -3.47. The fraction of sp³-hybridized carbons (Fsp3) is 0.548. The van der Waals surface area contributed by atoms with Crippen molar-refractivity contribution in [1.82, 2.24) is 0 Å². The number of ether oxygens (including phenoxy) is 2. The minimum atomic E-state index is -0.216. The van der Waals surface area contributed by atoms with Gasteiger partial charge in [0.2, 0.25) is 0 Å². The molecule has 47 heavy (non-hydrogen) atoms. The van der Waals surface area contributed by atoms with Crippen molar-refractivity contribution < 1.29 is 19.4 Å². The third-order valence-electron chi connectivity index (χ3n) is 10.3. The van der Waals surface area contributed by atoms with Gasteiger partial charge in [-0.1, -0.05) is 90.8 Å². The number of carbonyl (C=O) groups excluding carboxylic acids is 1. The molecule has 0 radical (unpaired) electrons. The van der Waals surface area contributed by atoms with Crippen molar-refractivity contribution in [3.05, 3.63) is 76.3 Å². The molecule has 3 aromatic rings. The fourth-order valence-corrected chi connectivity index (χ4v) is 6.99. The summed E-state index contributed by atoms with van der Waals surface area (Å²) in [4.78, 5) is 12.7. The summed E-state index contributed by atoms with van der Waals surface area (Å²) in [5, 5.41) is 13.6. The van der Waals surface area contributed by atoms with Gasteiger partial charge in [0.1, 0.15) is 17.1 Å². The second-order valence-corrected chi connectivity index (χ2v) is 15.0. The van der Waals surface area contributed by atoms with E-state index >= 15 is 0 Å². The zero-order valence-electron chi connectivity index (χ0n) is 30.3. The van der Waals surface area contributed by atoms with Gasteiger partial charge in [-0.3, -0.25) is 4.79 Å². The van der Waals surface area contributed by atoms with Gasteiger partial charge in [0, 0.05) is 22.9 Å². The molecule has 0 aromatic heterocycles. The van der Waals surface area contributed by atoms with Gasteiger partial charge in [-0.05, 0) is 112 Å². The number of rotatable bonds is 16. The van der Waals surface area contributed by atoms with Crippen LogP contribution in [0.3, 0.4) is 0 Å². The van der Waals surface area contributed by atoms with Crippen molar-refractivity contribution in [2.45, 2.75) is 132 Å². The Balaban J connectivity index is 1.35. The Morgan fingerprint density at radius 1 is 0.872 bits per heavy atom. The van der Waals surface area contributed by atoms with Crippen molar-refractivity contribution in [3.8, 4) is 23.0 Å². The first-order valence-electron chi connectivity index (χ1n) is 18.1. The number of fused-ring (bicyclic) bond motifs is 1. The Labute approximate surface area is 284 Å². The van der Waals surface area contributed by atoms with Gasteiger partial charge in [-0.2, -0.15) is 0 Å². The van der Waals surface area contributed by atoms with E-state index in [9.17, 15) is 9.90 Å². The van der Waals surface area contributed by atoms with Gasteiger partial charge in [0.05, 0.1) is 0 Å². The normalized spacial score (nSPS) is 17.1. The molecule has 3 atom stereocenters. The summed E-state index contributed by atoms with van der Waals surface area (Å²) < 4.78 is 13.2. The van der Waals surface area contributed by atoms with E-state index in [2.05, 4.69) is 60.7 Å². The number of nitrogens with one attached hydrogen (secondary N) is 1. The number of hydrogen-bond donors (Lipinski definition) is 2. The van der Waals surface area contributed by atoms with E-state index in [0.29, 0.717) is 17.0 Å². The molecule has 0 unspecified atom stereocenters. The number of amides is 1. The second kappa shape index (κ2) is 16.6. The maximum Gasteiger partial charge on any atom is 0.255 e. The molecule has 0 fully saturated rings. The van der Waals surface area contributed by atoms with E-state index in [1.165, 1.54) is 56.9 Å². The van der Waals surface area contributed by atoms with E-state index in [1.807, 2.05) is 18.2 Å². The lowest BCUT2D eigenvalue weighted by atomic mass is 9.83. The molecule has 256 valence electrons. The van der Waals surface area contributed by atoms with Crippen molar-refractivity contribution >= 4 is 11.6 Å². The zero-order chi connectivity index (χ0) is 34.1. The molecule has 5 nitrogen and oxygen atoms in total. The van der Waals surface area contributed by atoms with Gasteiger partial charge in [-0.15, -0.1) is 0 Å². The third kappa shape index (κ3) is 10.0. The van der Waals surface area contributed by atoms with Crippen LogP contribution >= 0.6 is 0 Å². The van der Waals surface area contributed by atoms with Crippen LogP contribution in [0.1, 0.15) is 131 Å². The van der Waals surface area contributed by atoms with Crippen LogP contribution < -0.4 is 14.8 Å². The molecule has 0 saturated heterocycles. The summed E-state index contributed by atoms with van der Waals surface area (Å²) in [5.74, 6) is 4.26. The molecule has 1 aliphatic heterocycles. The molecule has 0 aliphatic carbocycles. The molecule has 4 rings (SSSR count). The SMILES string of the molecule is Cc1c(C)c2c(c(C)c1Oc1cc(NC(=O)c3ccccc3)ccc1O)CC[C@@](C)(CCC[C@H](C)CCC[C@H](C)CCCC(C)C)O2. The Kier molecular flexibility index (Phi) is 12.8. The minimum absolute atomic E-state index is 0.0195. The highest BCUT2D eigenvalue weighted by Gasteiger charge is 2.34. The lowest BCUT2D eigenvalue weighted by molar-refractivity contribution is 0.0512. The van der Waals surface area contributed by atoms with Crippen LogP contribution in [-0.2, 0) is 6.42 Å². The van der Waals surface area contributed by atoms with E-state index in [4.69, 9.17) is 9.47 Å². The predicted molar refractivity (Wildman–Crippen MR) is 195 cm³/mol. The Bertz CT molecular complexity index is 1480. The van der Waals surface area contributed by atoms with Crippen LogP contribution in [0.4, 0.5) is 5.69 Å². The van der Waals surface area contributed by atoms with E-state index in [1.54, 1.807) is 30.3 Å². The maximum atomic E-state index is 12.7. The largest absolute Gasteiger partial charge is 0.504 e. The minimum Gasteiger partial charge on any atom is -0.504 e.